The average molecular weight is 329 g/mol. The molecule has 0 atom stereocenters. The molecule has 0 aliphatic carbocycles. The molecule has 0 aromatic heterocycles. The standard InChI is InChI=1S/C18H20FN3O2/c19-16-8-6-14(7-9-16)10-11-21-18(24)22-13-12-20-17(23)15-4-2-1-3-5-15/h1-9H,10-13H2,(H,20,23)(H2,21,22,24). The third-order valence-corrected chi connectivity index (χ3v) is 3.34. The van der Waals surface area contributed by atoms with Crippen LogP contribution in [0.2, 0.25) is 0 Å². The first-order valence-corrected chi connectivity index (χ1v) is 7.74. The van der Waals surface area contributed by atoms with Crippen molar-refractivity contribution in [3.05, 3.63) is 71.5 Å². The summed E-state index contributed by atoms with van der Waals surface area (Å²) in [5.41, 5.74) is 1.54. The van der Waals surface area contributed by atoms with Crippen molar-refractivity contribution < 1.29 is 14.0 Å². The highest BCUT2D eigenvalue weighted by Crippen LogP contribution is 2.02. The molecule has 0 saturated carbocycles. The average Bonchev–Trinajstić information content (AvgIpc) is 2.61. The summed E-state index contributed by atoms with van der Waals surface area (Å²) < 4.78 is 12.8. The van der Waals surface area contributed by atoms with Crippen LogP contribution in [-0.4, -0.2) is 31.6 Å². The minimum atomic E-state index is -0.300. The molecule has 0 aliphatic rings. The van der Waals surface area contributed by atoms with Gasteiger partial charge in [0.25, 0.3) is 5.91 Å². The molecule has 0 unspecified atom stereocenters. The van der Waals surface area contributed by atoms with E-state index in [0.717, 1.165) is 5.56 Å². The van der Waals surface area contributed by atoms with Crippen molar-refractivity contribution in [1.82, 2.24) is 16.0 Å². The second kappa shape index (κ2) is 9.29. The lowest BCUT2D eigenvalue weighted by atomic mass is 10.1. The zero-order chi connectivity index (χ0) is 17.2. The van der Waals surface area contributed by atoms with Crippen LogP contribution in [-0.2, 0) is 6.42 Å². The fourth-order valence-electron chi connectivity index (χ4n) is 2.08. The summed E-state index contributed by atoms with van der Waals surface area (Å²) in [4.78, 5) is 23.4. The summed E-state index contributed by atoms with van der Waals surface area (Å²) >= 11 is 0. The van der Waals surface area contributed by atoms with Crippen LogP contribution in [0.1, 0.15) is 15.9 Å². The maximum absolute atomic E-state index is 12.8. The minimum absolute atomic E-state index is 0.172. The lowest BCUT2D eigenvalue weighted by Gasteiger charge is -2.09. The number of carbonyl (C=O) groups is 2. The summed E-state index contributed by atoms with van der Waals surface area (Å²) in [5.74, 6) is -0.448. The fraction of sp³-hybridized carbons (Fsp3) is 0.222. The van der Waals surface area contributed by atoms with Crippen molar-refractivity contribution in [2.45, 2.75) is 6.42 Å². The summed E-state index contributed by atoms with van der Waals surface area (Å²) in [6, 6.07) is 14.7. The number of carbonyl (C=O) groups excluding carboxylic acids is 2. The van der Waals surface area contributed by atoms with Gasteiger partial charge in [0.15, 0.2) is 0 Å². The Labute approximate surface area is 140 Å². The molecule has 126 valence electrons. The fourth-order valence-corrected chi connectivity index (χ4v) is 2.08. The molecule has 0 radical (unpaired) electrons. The Bertz CT molecular complexity index is 660. The highest BCUT2D eigenvalue weighted by Gasteiger charge is 2.04. The van der Waals surface area contributed by atoms with Gasteiger partial charge in [0, 0.05) is 25.2 Å². The molecule has 3 amide bonds. The van der Waals surface area contributed by atoms with Crippen LogP contribution in [0.15, 0.2) is 54.6 Å². The number of amides is 3. The number of benzene rings is 2. The Morgan fingerprint density at radius 2 is 1.42 bits per heavy atom. The molecule has 0 spiro atoms. The molecule has 2 rings (SSSR count). The Balaban J connectivity index is 1.56. The molecule has 5 nitrogen and oxygen atoms in total. The molecule has 0 bridgehead atoms. The molecule has 0 aliphatic heterocycles. The van der Waals surface area contributed by atoms with Crippen LogP contribution in [0.3, 0.4) is 0 Å². The predicted octanol–water partition coefficient (Wildman–Crippen LogP) is 2.10. The van der Waals surface area contributed by atoms with Gasteiger partial charge in [-0.25, -0.2) is 9.18 Å². The SMILES string of the molecule is O=C(NCCNC(=O)c1ccccc1)NCCc1ccc(F)cc1. The number of hydrogen-bond acceptors (Lipinski definition) is 2. The highest BCUT2D eigenvalue weighted by molar-refractivity contribution is 5.94. The normalized spacial score (nSPS) is 10.0. The van der Waals surface area contributed by atoms with Gasteiger partial charge >= 0.3 is 6.03 Å². The first-order chi connectivity index (χ1) is 11.6. The molecular formula is C18H20FN3O2. The number of rotatable bonds is 7. The molecule has 2 aromatic carbocycles. The van der Waals surface area contributed by atoms with E-state index in [1.54, 1.807) is 36.4 Å². The lowest BCUT2D eigenvalue weighted by Crippen LogP contribution is -2.40. The zero-order valence-corrected chi connectivity index (χ0v) is 13.2. The van der Waals surface area contributed by atoms with Crippen LogP contribution in [0.5, 0.6) is 0 Å². The Kier molecular flexibility index (Phi) is 6.76. The third kappa shape index (κ3) is 6.08. The van der Waals surface area contributed by atoms with E-state index in [4.69, 9.17) is 0 Å². The van der Waals surface area contributed by atoms with E-state index in [0.29, 0.717) is 31.6 Å². The van der Waals surface area contributed by atoms with Gasteiger partial charge in [-0.15, -0.1) is 0 Å². The maximum atomic E-state index is 12.8. The Hall–Kier alpha value is -2.89. The molecule has 0 heterocycles. The topological polar surface area (TPSA) is 70.2 Å². The third-order valence-electron chi connectivity index (χ3n) is 3.34. The van der Waals surface area contributed by atoms with Crippen molar-refractivity contribution >= 4 is 11.9 Å². The smallest absolute Gasteiger partial charge is 0.314 e. The first kappa shape index (κ1) is 17.5. The van der Waals surface area contributed by atoms with E-state index < -0.39 is 0 Å². The van der Waals surface area contributed by atoms with Gasteiger partial charge in [-0.2, -0.15) is 0 Å². The van der Waals surface area contributed by atoms with Gasteiger partial charge in [-0.05, 0) is 36.2 Å². The molecule has 3 N–H and O–H groups in total. The van der Waals surface area contributed by atoms with E-state index >= 15 is 0 Å². The van der Waals surface area contributed by atoms with Gasteiger partial charge in [-0.1, -0.05) is 30.3 Å². The van der Waals surface area contributed by atoms with Crippen molar-refractivity contribution in [1.29, 1.82) is 0 Å². The van der Waals surface area contributed by atoms with E-state index in [2.05, 4.69) is 16.0 Å². The zero-order valence-electron chi connectivity index (χ0n) is 13.2. The Morgan fingerprint density at radius 1 is 0.792 bits per heavy atom. The summed E-state index contributed by atoms with van der Waals surface area (Å²) in [7, 11) is 0. The van der Waals surface area contributed by atoms with E-state index in [1.165, 1.54) is 12.1 Å². The Morgan fingerprint density at radius 3 is 2.12 bits per heavy atom. The first-order valence-electron chi connectivity index (χ1n) is 7.74. The second-order valence-electron chi connectivity index (χ2n) is 5.18. The quantitative estimate of drug-likeness (QED) is 0.681. The molecule has 2 aromatic rings. The molecule has 24 heavy (non-hydrogen) atoms. The van der Waals surface area contributed by atoms with Crippen LogP contribution < -0.4 is 16.0 Å². The summed E-state index contributed by atoms with van der Waals surface area (Å²) in [5, 5.41) is 8.09. The number of urea groups is 1. The number of nitrogens with one attached hydrogen (secondary N) is 3. The monoisotopic (exact) mass is 329 g/mol. The molecule has 6 heteroatoms. The van der Waals surface area contributed by atoms with Crippen molar-refractivity contribution in [3.63, 3.8) is 0 Å². The lowest BCUT2D eigenvalue weighted by molar-refractivity contribution is 0.0954. The van der Waals surface area contributed by atoms with Crippen LogP contribution in [0, 0.1) is 5.82 Å². The van der Waals surface area contributed by atoms with Gasteiger partial charge in [-0.3, -0.25) is 4.79 Å². The van der Waals surface area contributed by atoms with Crippen molar-refractivity contribution in [2.24, 2.45) is 0 Å². The van der Waals surface area contributed by atoms with Crippen LogP contribution in [0.4, 0.5) is 9.18 Å². The minimum Gasteiger partial charge on any atom is -0.350 e. The van der Waals surface area contributed by atoms with E-state index in [9.17, 15) is 14.0 Å². The van der Waals surface area contributed by atoms with E-state index in [1.807, 2.05) is 6.07 Å². The number of halogens is 1. The summed E-state index contributed by atoms with van der Waals surface area (Å²) in [6.45, 7) is 1.13. The van der Waals surface area contributed by atoms with Gasteiger partial charge in [0.2, 0.25) is 0 Å². The number of hydrogen-bond donors (Lipinski definition) is 3. The van der Waals surface area contributed by atoms with Gasteiger partial charge < -0.3 is 16.0 Å². The molecule has 0 fully saturated rings. The van der Waals surface area contributed by atoms with Gasteiger partial charge in [0.1, 0.15) is 5.82 Å². The molecular weight excluding hydrogens is 309 g/mol. The second-order valence-corrected chi connectivity index (χ2v) is 5.18. The van der Waals surface area contributed by atoms with Crippen LogP contribution >= 0.6 is 0 Å². The van der Waals surface area contributed by atoms with Crippen molar-refractivity contribution in [2.75, 3.05) is 19.6 Å². The predicted molar refractivity (Wildman–Crippen MR) is 90.3 cm³/mol. The molecule has 0 saturated heterocycles. The van der Waals surface area contributed by atoms with E-state index in [-0.39, 0.29) is 17.8 Å². The summed E-state index contributed by atoms with van der Waals surface area (Å²) in [6.07, 6.45) is 0.623. The van der Waals surface area contributed by atoms with Crippen LogP contribution in [0.25, 0.3) is 0 Å². The van der Waals surface area contributed by atoms with Gasteiger partial charge in [0.05, 0.1) is 0 Å². The highest BCUT2D eigenvalue weighted by atomic mass is 19.1. The largest absolute Gasteiger partial charge is 0.350 e. The van der Waals surface area contributed by atoms with Crippen molar-refractivity contribution in [3.8, 4) is 0 Å². The maximum Gasteiger partial charge on any atom is 0.314 e.